The van der Waals surface area contributed by atoms with Crippen LogP contribution in [-0.2, 0) is 6.42 Å². The number of hydrogen-bond donors (Lipinski definition) is 0. The molecule has 2 heteroatoms. The van der Waals surface area contributed by atoms with E-state index in [9.17, 15) is 0 Å². The third-order valence-corrected chi connectivity index (χ3v) is 3.61. The largest absolute Gasteiger partial charge is 0.127 e. The molecule has 0 atom stereocenters. The fourth-order valence-corrected chi connectivity index (χ4v) is 2.38. The van der Waals surface area contributed by atoms with Crippen LogP contribution in [-0.4, -0.2) is 0 Å². The van der Waals surface area contributed by atoms with Crippen molar-refractivity contribution in [2.75, 3.05) is 0 Å². The predicted octanol–water partition coefficient (Wildman–Crippen LogP) is 4.43. The van der Waals surface area contributed by atoms with E-state index in [2.05, 4.69) is 34.3 Å². The van der Waals surface area contributed by atoms with E-state index in [-0.39, 0.29) is 0 Å². The third-order valence-electron chi connectivity index (χ3n) is 1.93. The zero-order valence-electron chi connectivity index (χ0n) is 7.40. The SMILES string of the molecule is CCCCCCc1c[c]sc1Br. The zero-order valence-corrected chi connectivity index (χ0v) is 9.80. The van der Waals surface area contributed by atoms with Crippen molar-refractivity contribution in [2.45, 2.75) is 39.0 Å². The Bertz CT molecular complexity index is 217. The van der Waals surface area contributed by atoms with Crippen LogP contribution in [0.25, 0.3) is 0 Å². The summed E-state index contributed by atoms with van der Waals surface area (Å²) in [5, 5.41) is 3.13. The maximum atomic E-state index is 3.52. The highest BCUT2D eigenvalue weighted by Gasteiger charge is 1.99. The first-order valence-corrected chi connectivity index (χ1v) is 6.09. The van der Waals surface area contributed by atoms with Crippen molar-refractivity contribution in [2.24, 2.45) is 0 Å². The summed E-state index contributed by atoms with van der Waals surface area (Å²) in [6, 6.07) is 2.10. The van der Waals surface area contributed by atoms with Crippen molar-refractivity contribution in [1.29, 1.82) is 0 Å². The predicted molar refractivity (Wildman–Crippen MR) is 58.7 cm³/mol. The quantitative estimate of drug-likeness (QED) is 0.674. The minimum atomic E-state index is 1.21. The van der Waals surface area contributed by atoms with E-state index in [0.717, 1.165) is 0 Å². The highest BCUT2D eigenvalue weighted by Crippen LogP contribution is 2.24. The molecule has 0 aliphatic heterocycles. The molecule has 0 fully saturated rings. The van der Waals surface area contributed by atoms with Crippen molar-refractivity contribution < 1.29 is 0 Å². The molecule has 0 N–H and O–H groups in total. The summed E-state index contributed by atoms with van der Waals surface area (Å²) in [6.07, 6.45) is 6.57. The maximum absolute atomic E-state index is 3.52. The Labute approximate surface area is 87.1 Å². The van der Waals surface area contributed by atoms with Gasteiger partial charge in [-0.15, -0.1) is 11.3 Å². The minimum Gasteiger partial charge on any atom is -0.127 e. The summed E-state index contributed by atoms with van der Waals surface area (Å²) >= 11 is 5.18. The lowest BCUT2D eigenvalue weighted by Crippen LogP contribution is -1.83. The van der Waals surface area contributed by atoms with Gasteiger partial charge in [0.25, 0.3) is 0 Å². The number of thiophene rings is 1. The molecule has 0 amide bonds. The number of aryl methyl sites for hydroxylation is 1. The molecule has 0 spiro atoms. The van der Waals surface area contributed by atoms with Crippen molar-refractivity contribution in [3.05, 3.63) is 20.8 Å². The van der Waals surface area contributed by atoms with Crippen LogP contribution in [0.1, 0.15) is 38.2 Å². The molecule has 0 aliphatic rings. The first-order chi connectivity index (χ1) is 5.84. The molecule has 0 unspecified atom stereocenters. The van der Waals surface area contributed by atoms with Crippen molar-refractivity contribution in [1.82, 2.24) is 0 Å². The summed E-state index contributed by atoms with van der Waals surface area (Å²) in [5.41, 5.74) is 1.43. The van der Waals surface area contributed by atoms with Gasteiger partial charge in [-0.3, -0.25) is 0 Å². The summed E-state index contributed by atoms with van der Waals surface area (Å²) in [4.78, 5) is 0. The van der Waals surface area contributed by atoms with Gasteiger partial charge in [-0.25, -0.2) is 0 Å². The van der Waals surface area contributed by atoms with Crippen molar-refractivity contribution in [3.8, 4) is 0 Å². The van der Waals surface area contributed by atoms with Crippen LogP contribution in [0.2, 0.25) is 0 Å². The van der Waals surface area contributed by atoms with E-state index in [0.29, 0.717) is 0 Å². The van der Waals surface area contributed by atoms with Crippen LogP contribution in [0.4, 0.5) is 0 Å². The summed E-state index contributed by atoms with van der Waals surface area (Å²) < 4.78 is 1.26. The van der Waals surface area contributed by atoms with Gasteiger partial charge in [0.05, 0.1) is 3.79 Å². The van der Waals surface area contributed by atoms with Crippen molar-refractivity contribution in [3.63, 3.8) is 0 Å². The van der Waals surface area contributed by atoms with Gasteiger partial charge in [0.15, 0.2) is 0 Å². The molecule has 1 heterocycles. The lowest BCUT2D eigenvalue weighted by atomic mass is 10.1. The Hall–Kier alpha value is 0.180. The molecule has 0 saturated heterocycles. The highest BCUT2D eigenvalue weighted by atomic mass is 79.9. The van der Waals surface area contributed by atoms with Crippen LogP contribution in [0.5, 0.6) is 0 Å². The number of rotatable bonds is 5. The van der Waals surface area contributed by atoms with E-state index in [1.807, 2.05) is 0 Å². The standard InChI is InChI=1S/C10H14BrS/c1-2-3-4-5-6-9-7-8-12-10(9)11/h7H,2-6H2,1H3. The second-order valence-corrected chi connectivity index (χ2v) is 5.14. The molecule has 1 aromatic heterocycles. The van der Waals surface area contributed by atoms with Gasteiger partial charge in [-0.1, -0.05) is 26.2 Å². The van der Waals surface area contributed by atoms with Crippen LogP contribution < -0.4 is 0 Å². The molecule has 0 bridgehead atoms. The fraction of sp³-hybridized carbons (Fsp3) is 0.600. The van der Waals surface area contributed by atoms with Crippen LogP contribution in [0.3, 0.4) is 0 Å². The average molecular weight is 246 g/mol. The molecular formula is C10H14BrS. The maximum Gasteiger partial charge on any atom is 0.0737 e. The topological polar surface area (TPSA) is 0 Å². The van der Waals surface area contributed by atoms with Gasteiger partial charge in [-0.2, -0.15) is 0 Å². The monoisotopic (exact) mass is 245 g/mol. The first-order valence-electron chi connectivity index (χ1n) is 4.49. The van der Waals surface area contributed by atoms with Gasteiger partial charge < -0.3 is 0 Å². The van der Waals surface area contributed by atoms with Gasteiger partial charge in [0.1, 0.15) is 0 Å². The normalized spacial score (nSPS) is 10.5. The van der Waals surface area contributed by atoms with Crippen LogP contribution >= 0.6 is 27.3 Å². The summed E-state index contributed by atoms with van der Waals surface area (Å²) in [7, 11) is 0. The minimum absolute atomic E-state index is 1.21. The molecule has 67 valence electrons. The Morgan fingerprint density at radius 3 is 2.83 bits per heavy atom. The lowest BCUT2D eigenvalue weighted by Gasteiger charge is -1.98. The van der Waals surface area contributed by atoms with E-state index in [1.165, 1.54) is 41.5 Å². The summed E-state index contributed by atoms with van der Waals surface area (Å²) in [6.45, 7) is 2.24. The van der Waals surface area contributed by atoms with E-state index in [4.69, 9.17) is 0 Å². The molecule has 1 radical (unpaired) electrons. The van der Waals surface area contributed by atoms with E-state index < -0.39 is 0 Å². The third kappa shape index (κ3) is 3.28. The average Bonchev–Trinajstić information content (AvgIpc) is 2.46. The molecule has 1 rings (SSSR count). The number of halogens is 1. The Kier molecular flexibility index (Phi) is 4.93. The second kappa shape index (κ2) is 5.76. The van der Waals surface area contributed by atoms with Gasteiger partial charge in [0, 0.05) is 5.38 Å². The molecule has 0 aromatic carbocycles. The van der Waals surface area contributed by atoms with E-state index >= 15 is 0 Å². The Balaban J connectivity index is 2.20. The first kappa shape index (κ1) is 10.3. The molecule has 0 saturated carbocycles. The number of unbranched alkanes of at least 4 members (excludes halogenated alkanes) is 3. The molecule has 0 aliphatic carbocycles. The second-order valence-electron chi connectivity index (χ2n) is 2.97. The molecule has 12 heavy (non-hydrogen) atoms. The van der Waals surface area contributed by atoms with Crippen LogP contribution in [0.15, 0.2) is 9.85 Å². The fourth-order valence-electron chi connectivity index (χ4n) is 1.19. The Morgan fingerprint density at radius 1 is 1.42 bits per heavy atom. The van der Waals surface area contributed by atoms with E-state index in [1.54, 1.807) is 11.3 Å². The summed E-state index contributed by atoms with van der Waals surface area (Å²) in [5.74, 6) is 0. The molecule has 1 aromatic rings. The van der Waals surface area contributed by atoms with Gasteiger partial charge >= 0.3 is 0 Å². The smallest absolute Gasteiger partial charge is 0.0737 e. The van der Waals surface area contributed by atoms with Gasteiger partial charge in [0.2, 0.25) is 0 Å². The highest BCUT2D eigenvalue weighted by molar-refractivity contribution is 9.11. The Morgan fingerprint density at radius 2 is 2.25 bits per heavy atom. The number of hydrogen-bond acceptors (Lipinski definition) is 1. The van der Waals surface area contributed by atoms with Crippen molar-refractivity contribution >= 4 is 27.3 Å². The molecule has 0 nitrogen and oxygen atoms in total. The van der Waals surface area contributed by atoms with Crippen LogP contribution in [0, 0.1) is 5.38 Å². The zero-order chi connectivity index (χ0) is 8.81. The van der Waals surface area contributed by atoms with Gasteiger partial charge in [-0.05, 0) is 40.4 Å². The lowest BCUT2D eigenvalue weighted by molar-refractivity contribution is 0.667. The molecular weight excluding hydrogens is 232 g/mol.